The van der Waals surface area contributed by atoms with Crippen molar-refractivity contribution in [3.05, 3.63) is 35.9 Å². The maximum atomic E-state index is 11.4. The highest BCUT2D eigenvalue weighted by Crippen LogP contribution is 2.41. The Bertz CT molecular complexity index is 417. The highest BCUT2D eigenvalue weighted by Gasteiger charge is 2.41. The standard InChI is InChI=1S/C15H18O3/c16-13-6-8-15(9-7-13)10-11-17-14(18-15)12-4-2-1-3-5-12/h1-5,14H,6-11H2. The molecule has 1 atom stereocenters. The van der Waals surface area contributed by atoms with Crippen molar-refractivity contribution < 1.29 is 14.3 Å². The van der Waals surface area contributed by atoms with Crippen molar-refractivity contribution in [2.24, 2.45) is 0 Å². The van der Waals surface area contributed by atoms with E-state index in [0.717, 1.165) is 24.8 Å². The van der Waals surface area contributed by atoms with Gasteiger partial charge in [-0.3, -0.25) is 4.79 Å². The van der Waals surface area contributed by atoms with Gasteiger partial charge in [-0.15, -0.1) is 0 Å². The minimum atomic E-state index is -0.270. The zero-order valence-electron chi connectivity index (χ0n) is 10.4. The zero-order chi connectivity index (χ0) is 12.4. The summed E-state index contributed by atoms with van der Waals surface area (Å²) in [6.45, 7) is 0.716. The predicted molar refractivity (Wildman–Crippen MR) is 67.0 cm³/mol. The summed E-state index contributed by atoms with van der Waals surface area (Å²) < 4.78 is 11.9. The van der Waals surface area contributed by atoms with Gasteiger partial charge in [-0.1, -0.05) is 30.3 Å². The number of ether oxygens (including phenoxy) is 2. The van der Waals surface area contributed by atoms with E-state index < -0.39 is 0 Å². The van der Waals surface area contributed by atoms with E-state index in [1.165, 1.54) is 0 Å². The van der Waals surface area contributed by atoms with Crippen LogP contribution in [0.2, 0.25) is 0 Å². The van der Waals surface area contributed by atoms with Crippen LogP contribution in [-0.2, 0) is 14.3 Å². The molecular weight excluding hydrogens is 228 g/mol. The highest BCUT2D eigenvalue weighted by molar-refractivity contribution is 5.79. The molecule has 2 aliphatic rings. The van der Waals surface area contributed by atoms with Gasteiger partial charge in [0.15, 0.2) is 6.29 Å². The van der Waals surface area contributed by atoms with Crippen LogP contribution in [0.5, 0.6) is 0 Å². The molecule has 1 saturated carbocycles. The Morgan fingerprint density at radius 2 is 1.78 bits per heavy atom. The predicted octanol–water partition coefficient (Wildman–Crippen LogP) is 3.00. The van der Waals surface area contributed by atoms with E-state index in [9.17, 15) is 4.79 Å². The van der Waals surface area contributed by atoms with E-state index in [1.54, 1.807) is 0 Å². The molecule has 1 saturated heterocycles. The Kier molecular flexibility index (Phi) is 3.18. The summed E-state index contributed by atoms with van der Waals surface area (Å²) in [6, 6.07) is 10.0. The quantitative estimate of drug-likeness (QED) is 0.764. The largest absolute Gasteiger partial charge is 0.348 e. The fourth-order valence-electron chi connectivity index (χ4n) is 2.80. The summed E-state index contributed by atoms with van der Waals surface area (Å²) >= 11 is 0. The lowest BCUT2D eigenvalue weighted by atomic mass is 9.81. The average Bonchev–Trinajstić information content (AvgIpc) is 2.44. The summed E-state index contributed by atoms with van der Waals surface area (Å²) in [5.41, 5.74) is 0.931. The molecule has 0 bridgehead atoms. The summed E-state index contributed by atoms with van der Waals surface area (Å²) in [7, 11) is 0. The van der Waals surface area contributed by atoms with Crippen LogP contribution in [0.15, 0.2) is 30.3 Å². The van der Waals surface area contributed by atoms with E-state index >= 15 is 0 Å². The van der Waals surface area contributed by atoms with Crippen molar-refractivity contribution in [3.63, 3.8) is 0 Å². The lowest BCUT2D eigenvalue weighted by Gasteiger charge is -2.43. The Labute approximate surface area is 107 Å². The van der Waals surface area contributed by atoms with Crippen molar-refractivity contribution in [2.45, 2.75) is 44.0 Å². The van der Waals surface area contributed by atoms with Crippen LogP contribution < -0.4 is 0 Å². The van der Waals surface area contributed by atoms with Gasteiger partial charge < -0.3 is 9.47 Å². The minimum Gasteiger partial charge on any atom is -0.348 e. The first-order valence-corrected chi connectivity index (χ1v) is 6.64. The zero-order valence-corrected chi connectivity index (χ0v) is 10.4. The van der Waals surface area contributed by atoms with Crippen LogP contribution in [0.25, 0.3) is 0 Å². The van der Waals surface area contributed by atoms with Crippen molar-refractivity contribution in [1.29, 1.82) is 0 Å². The number of hydrogen-bond donors (Lipinski definition) is 0. The highest BCUT2D eigenvalue weighted by atomic mass is 16.7. The topological polar surface area (TPSA) is 35.5 Å². The molecule has 0 N–H and O–H groups in total. The fourth-order valence-corrected chi connectivity index (χ4v) is 2.80. The van der Waals surface area contributed by atoms with Gasteiger partial charge in [-0.05, 0) is 12.8 Å². The van der Waals surface area contributed by atoms with Crippen molar-refractivity contribution >= 4 is 5.78 Å². The van der Waals surface area contributed by atoms with Crippen LogP contribution in [0.3, 0.4) is 0 Å². The summed E-state index contributed by atoms with van der Waals surface area (Å²) in [6.07, 6.45) is 3.64. The molecule has 18 heavy (non-hydrogen) atoms. The molecule has 3 rings (SSSR count). The van der Waals surface area contributed by atoms with Gasteiger partial charge in [0.2, 0.25) is 0 Å². The van der Waals surface area contributed by atoms with Gasteiger partial charge in [0.05, 0.1) is 12.2 Å². The van der Waals surface area contributed by atoms with E-state index in [0.29, 0.717) is 25.2 Å². The molecule has 3 heteroatoms. The second-order valence-corrected chi connectivity index (χ2v) is 5.20. The van der Waals surface area contributed by atoms with Gasteiger partial charge >= 0.3 is 0 Å². The number of rotatable bonds is 1. The monoisotopic (exact) mass is 246 g/mol. The molecular formula is C15H18O3. The van der Waals surface area contributed by atoms with Crippen molar-refractivity contribution in [3.8, 4) is 0 Å². The SMILES string of the molecule is O=C1CCC2(CCOC(c3ccccc3)O2)CC1. The molecule has 1 aliphatic carbocycles. The van der Waals surface area contributed by atoms with E-state index in [4.69, 9.17) is 9.47 Å². The van der Waals surface area contributed by atoms with Gasteiger partial charge in [-0.2, -0.15) is 0 Å². The van der Waals surface area contributed by atoms with Crippen LogP contribution in [0.4, 0.5) is 0 Å². The van der Waals surface area contributed by atoms with Gasteiger partial charge in [-0.25, -0.2) is 0 Å². The maximum Gasteiger partial charge on any atom is 0.184 e. The third kappa shape index (κ3) is 2.33. The number of hydrogen-bond acceptors (Lipinski definition) is 3. The first-order valence-electron chi connectivity index (χ1n) is 6.64. The second-order valence-electron chi connectivity index (χ2n) is 5.20. The van der Waals surface area contributed by atoms with Gasteiger partial charge in [0.1, 0.15) is 5.78 Å². The van der Waals surface area contributed by atoms with E-state index in [2.05, 4.69) is 0 Å². The van der Waals surface area contributed by atoms with Crippen LogP contribution in [-0.4, -0.2) is 18.0 Å². The molecule has 96 valence electrons. The molecule has 1 spiro atoms. The summed E-state index contributed by atoms with van der Waals surface area (Å²) in [4.78, 5) is 11.4. The normalized spacial score (nSPS) is 27.3. The Hall–Kier alpha value is -1.19. The molecule has 0 radical (unpaired) electrons. The van der Waals surface area contributed by atoms with Crippen molar-refractivity contribution in [2.75, 3.05) is 6.61 Å². The second kappa shape index (κ2) is 4.82. The fraction of sp³-hybridized carbons (Fsp3) is 0.533. The maximum absolute atomic E-state index is 11.4. The molecule has 1 aromatic rings. The Morgan fingerprint density at radius 1 is 1.06 bits per heavy atom. The van der Waals surface area contributed by atoms with E-state index in [-0.39, 0.29) is 11.9 Å². The Morgan fingerprint density at radius 3 is 2.50 bits per heavy atom. The molecule has 0 amide bonds. The third-order valence-corrected chi connectivity index (χ3v) is 3.97. The molecule has 1 heterocycles. The third-order valence-electron chi connectivity index (χ3n) is 3.97. The lowest BCUT2D eigenvalue weighted by Crippen LogP contribution is -2.43. The number of Topliss-reactive ketones (excluding diaryl/α,β-unsaturated/α-hetero) is 1. The number of carbonyl (C=O) groups excluding carboxylic acids is 1. The van der Waals surface area contributed by atoms with Crippen LogP contribution in [0, 0.1) is 0 Å². The van der Waals surface area contributed by atoms with Crippen LogP contribution in [0.1, 0.15) is 44.0 Å². The molecule has 1 aliphatic heterocycles. The van der Waals surface area contributed by atoms with E-state index in [1.807, 2.05) is 30.3 Å². The molecule has 3 nitrogen and oxygen atoms in total. The lowest BCUT2D eigenvalue weighted by molar-refractivity contribution is -0.268. The summed E-state index contributed by atoms with van der Waals surface area (Å²) in [5.74, 6) is 0.368. The first-order chi connectivity index (χ1) is 8.77. The first kappa shape index (κ1) is 11.9. The molecule has 1 unspecified atom stereocenters. The smallest absolute Gasteiger partial charge is 0.184 e. The summed E-state index contributed by atoms with van der Waals surface area (Å²) in [5, 5.41) is 0. The van der Waals surface area contributed by atoms with Gasteiger partial charge in [0.25, 0.3) is 0 Å². The molecule has 0 aromatic heterocycles. The Balaban J connectivity index is 1.74. The number of ketones is 1. The minimum absolute atomic E-state index is 0.132. The van der Waals surface area contributed by atoms with Crippen molar-refractivity contribution in [1.82, 2.24) is 0 Å². The average molecular weight is 246 g/mol. The molecule has 1 aromatic carbocycles. The number of carbonyl (C=O) groups is 1. The number of benzene rings is 1. The van der Waals surface area contributed by atoms with Crippen LogP contribution >= 0.6 is 0 Å². The van der Waals surface area contributed by atoms with Gasteiger partial charge in [0, 0.05) is 24.8 Å². The molecule has 2 fully saturated rings.